The van der Waals surface area contributed by atoms with Gasteiger partial charge < -0.3 is 29.6 Å². The van der Waals surface area contributed by atoms with Gasteiger partial charge in [-0.2, -0.15) is 0 Å². The summed E-state index contributed by atoms with van der Waals surface area (Å²) in [7, 11) is 14.2. The molecule has 1 atom stereocenters. The molecule has 228 valence electrons. The van der Waals surface area contributed by atoms with E-state index in [1.165, 1.54) is 13.1 Å². The highest BCUT2D eigenvalue weighted by molar-refractivity contribution is 6.40. The Morgan fingerprint density at radius 3 is 2.42 bits per heavy atom. The van der Waals surface area contributed by atoms with E-state index in [1.807, 2.05) is 27.7 Å². The van der Waals surface area contributed by atoms with Crippen LogP contribution in [0.4, 0.5) is 4.39 Å². The third-order valence-corrected chi connectivity index (χ3v) is 7.40. The fraction of sp³-hybridized carbons (Fsp3) is 0.516. The van der Waals surface area contributed by atoms with Crippen LogP contribution in [0.1, 0.15) is 62.8 Å². The Morgan fingerprint density at radius 2 is 1.84 bits per heavy atom. The van der Waals surface area contributed by atoms with Crippen LogP contribution in [-0.4, -0.2) is 86.3 Å². The van der Waals surface area contributed by atoms with E-state index in [-0.39, 0.29) is 47.5 Å². The predicted octanol–water partition coefficient (Wildman–Crippen LogP) is 2.42. The molecule has 3 rings (SSSR count). The van der Waals surface area contributed by atoms with Crippen LogP contribution < -0.4 is 10.1 Å². The van der Waals surface area contributed by atoms with Crippen LogP contribution in [0.25, 0.3) is 0 Å². The number of aliphatic hydroxyl groups is 1. The number of ether oxygens (including phenoxy) is 2. The van der Waals surface area contributed by atoms with Crippen LogP contribution in [0.5, 0.6) is 5.75 Å². The van der Waals surface area contributed by atoms with Crippen molar-refractivity contribution >= 4 is 34.3 Å². The maximum absolute atomic E-state index is 15.0. The third-order valence-electron chi connectivity index (χ3n) is 7.40. The van der Waals surface area contributed by atoms with Gasteiger partial charge in [-0.1, -0.05) is 18.2 Å². The van der Waals surface area contributed by atoms with Gasteiger partial charge in [-0.3, -0.25) is 14.5 Å². The molecule has 2 amide bonds. The number of carbonyl (C=O) groups is 3. The molecule has 4 radical (unpaired) electrons. The number of rotatable bonds is 13. The summed E-state index contributed by atoms with van der Waals surface area (Å²) in [5.41, 5.74) is -1.47. The highest BCUT2D eigenvalue weighted by Gasteiger charge is 2.48. The Labute approximate surface area is 255 Å². The fourth-order valence-corrected chi connectivity index (χ4v) is 5.99. The van der Waals surface area contributed by atoms with Gasteiger partial charge in [0.1, 0.15) is 24.5 Å². The summed E-state index contributed by atoms with van der Waals surface area (Å²) in [6, 6.07) is 9.74. The number of hydrogen-bond donors (Lipinski definition) is 2. The molecule has 1 heterocycles. The Kier molecular flexibility index (Phi) is 10.5. The second-order valence-electron chi connectivity index (χ2n) is 12.3. The second kappa shape index (κ2) is 13.2. The van der Waals surface area contributed by atoms with Crippen molar-refractivity contribution in [1.29, 1.82) is 0 Å². The highest BCUT2D eigenvalue weighted by Crippen LogP contribution is 2.37. The topological polar surface area (TPSA) is 108 Å². The van der Waals surface area contributed by atoms with Gasteiger partial charge in [0, 0.05) is 50.7 Å². The Bertz CT molecular complexity index is 1320. The van der Waals surface area contributed by atoms with Gasteiger partial charge in [-0.25, -0.2) is 4.39 Å². The summed E-state index contributed by atoms with van der Waals surface area (Å²) in [5.74, 6) is -1.33. The lowest BCUT2D eigenvalue weighted by Crippen LogP contribution is -2.65. The summed E-state index contributed by atoms with van der Waals surface area (Å²) in [6.07, 6.45) is -0.0653. The maximum atomic E-state index is 15.0. The minimum Gasteiger partial charge on any atom is -0.488 e. The van der Waals surface area contributed by atoms with E-state index in [9.17, 15) is 23.9 Å². The van der Waals surface area contributed by atoms with Crippen LogP contribution in [-0.2, 0) is 37.6 Å². The van der Waals surface area contributed by atoms with Crippen LogP contribution in [0.2, 0.25) is 0 Å². The quantitative estimate of drug-likeness (QED) is 0.209. The number of likely N-dealkylation sites (N-methyl/N-ethyl adjacent to an activating group) is 1. The number of hydrogen-bond acceptors (Lipinski definition) is 7. The molecule has 43 heavy (non-hydrogen) atoms. The largest absolute Gasteiger partial charge is 0.488 e. The van der Waals surface area contributed by atoms with E-state index in [2.05, 4.69) is 10.2 Å². The smallest absolute Gasteiger partial charge is 0.273 e. The molecule has 1 fully saturated rings. The molecule has 0 saturated carbocycles. The molecule has 1 aliphatic heterocycles. The minimum absolute atomic E-state index is 0.0878. The van der Waals surface area contributed by atoms with E-state index in [0.717, 1.165) is 5.56 Å². The first-order chi connectivity index (χ1) is 20.0. The zero-order chi connectivity index (χ0) is 32.2. The normalized spacial score (nSPS) is 17.9. The Morgan fingerprint density at radius 1 is 1.19 bits per heavy atom. The fourth-order valence-electron chi connectivity index (χ4n) is 5.99. The van der Waals surface area contributed by atoms with Gasteiger partial charge in [0.25, 0.3) is 5.91 Å². The molecular formula is C31H40B2FN3O6. The SMILES string of the molecule is [B]C([B])(c1c(C)cccc1OCc1cc(CN2CC(C)(C)OC(C)(C)C2)ccc1F)N(C=O)C(O)(CCC=O)C(=O)NC. The van der Waals surface area contributed by atoms with E-state index in [1.54, 1.807) is 37.3 Å². The average Bonchev–Trinajstić information content (AvgIpc) is 2.89. The predicted molar refractivity (Wildman–Crippen MR) is 162 cm³/mol. The van der Waals surface area contributed by atoms with Gasteiger partial charge in [0.05, 0.1) is 26.9 Å². The van der Waals surface area contributed by atoms with Gasteiger partial charge >= 0.3 is 0 Å². The van der Waals surface area contributed by atoms with Gasteiger partial charge in [0.15, 0.2) is 0 Å². The van der Waals surface area contributed by atoms with Crippen molar-refractivity contribution in [2.75, 3.05) is 20.1 Å². The molecule has 2 aromatic carbocycles. The molecule has 9 nitrogen and oxygen atoms in total. The Hall–Kier alpha value is -3.21. The molecule has 0 aromatic heterocycles. The van der Waals surface area contributed by atoms with Gasteiger partial charge in [-0.05, 0) is 69.3 Å². The molecule has 1 saturated heterocycles. The summed E-state index contributed by atoms with van der Waals surface area (Å²) >= 11 is 0. The molecular weight excluding hydrogens is 551 g/mol. The molecule has 12 heteroatoms. The van der Waals surface area contributed by atoms with Gasteiger partial charge in [0.2, 0.25) is 12.1 Å². The third kappa shape index (κ3) is 7.85. The van der Waals surface area contributed by atoms with Gasteiger partial charge in [-0.15, -0.1) is 0 Å². The molecule has 1 aliphatic rings. The number of benzene rings is 2. The van der Waals surface area contributed by atoms with Crippen LogP contribution in [0.15, 0.2) is 36.4 Å². The monoisotopic (exact) mass is 591 g/mol. The van der Waals surface area contributed by atoms with Crippen LogP contribution in [0, 0.1) is 12.7 Å². The number of morpholine rings is 1. The molecule has 0 bridgehead atoms. The lowest BCUT2D eigenvalue weighted by atomic mass is 9.55. The first-order valence-corrected chi connectivity index (χ1v) is 14.1. The summed E-state index contributed by atoms with van der Waals surface area (Å²) < 4.78 is 27.2. The van der Waals surface area contributed by atoms with Crippen molar-refractivity contribution in [3.05, 3.63) is 64.5 Å². The molecule has 0 spiro atoms. The van der Waals surface area contributed by atoms with E-state index < -0.39 is 29.2 Å². The van der Waals surface area contributed by atoms with Crippen molar-refractivity contribution in [3.63, 3.8) is 0 Å². The number of nitrogens with one attached hydrogen (secondary N) is 1. The van der Waals surface area contributed by atoms with Crippen LogP contribution >= 0.6 is 0 Å². The number of nitrogens with zero attached hydrogens (tertiary/aromatic N) is 2. The number of carbonyl (C=O) groups excluding carboxylic acids is 3. The van der Waals surface area contributed by atoms with Crippen molar-refractivity contribution < 1.29 is 33.4 Å². The average molecular weight is 591 g/mol. The van der Waals surface area contributed by atoms with Crippen LogP contribution in [0.3, 0.4) is 0 Å². The van der Waals surface area contributed by atoms with Crippen molar-refractivity contribution in [2.24, 2.45) is 0 Å². The number of aldehydes is 1. The van der Waals surface area contributed by atoms with E-state index in [0.29, 0.717) is 36.4 Å². The molecule has 1 unspecified atom stereocenters. The minimum atomic E-state index is -2.55. The summed E-state index contributed by atoms with van der Waals surface area (Å²) in [6.45, 7) is 11.7. The second-order valence-corrected chi connectivity index (χ2v) is 12.3. The number of halogens is 1. The standard InChI is InChI=1S/C31H40B2FN3O6/c1-21-9-7-10-25(26(21)31(32,33)37(20-39)30(41,13-8-14-38)27(40)35-6)42-17-23-15-22(11-12-24(23)34)16-36-18-28(2,3)43-29(4,5)19-36/h7,9-12,14-15,20,41H,8,13,16-19H2,1-6H3,(H,35,40). The lowest BCUT2D eigenvalue weighted by molar-refractivity contribution is -0.182. The zero-order valence-corrected chi connectivity index (χ0v) is 25.8. The highest BCUT2D eigenvalue weighted by atomic mass is 19.1. The maximum Gasteiger partial charge on any atom is 0.273 e. The van der Waals surface area contributed by atoms with Crippen molar-refractivity contribution in [1.82, 2.24) is 15.1 Å². The van der Waals surface area contributed by atoms with Crippen molar-refractivity contribution in [2.45, 2.75) is 82.9 Å². The lowest BCUT2D eigenvalue weighted by Gasteiger charge is -2.47. The molecule has 2 aromatic rings. The van der Waals surface area contributed by atoms with E-state index in [4.69, 9.17) is 25.2 Å². The number of amides is 2. The molecule has 0 aliphatic carbocycles. The summed E-state index contributed by atoms with van der Waals surface area (Å²) in [5, 5.41) is 11.3. The molecule has 2 N–H and O–H groups in total. The van der Waals surface area contributed by atoms with E-state index >= 15 is 0 Å². The first-order valence-electron chi connectivity index (χ1n) is 14.1. The first kappa shape index (κ1) is 34.3. The Balaban J connectivity index is 1.91. The number of aryl methyl sites for hydroxylation is 1. The zero-order valence-electron chi connectivity index (χ0n) is 25.8. The van der Waals surface area contributed by atoms with Crippen molar-refractivity contribution in [3.8, 4) is 5.75 Å². The summed E-state index contributed by atoms with van der Waals surface area (Å²) in [4.78, 5) is 38.9.